The van der Waals surface area contributed by atoms with Crippen molar-refractivity contribution < 1.29 is 9.50 Å². The molecule has 0 radical (unpaired) electrons. The third-order valence-electron chi connectivity index (χ3n) is 1.87. The van der Waals surface area contributed by atoms with Gasteiger partial charge in [0.15, 0.2) is 0 Å². The van der Waals surface area contributed by atoms with Gasteiger partial charge in [0.05, 0.1) is 11.7 Å². The van der Waals surface area contributed by atoms with Gasteiger partial charge in [0.1, 0.15) is 5.75 Å². The van der Waals surface area contributed by atoms with E-state index >= 15 is 0 Å². The fourth-order valence-electron chi connectivity index (χ4n) is 1.12. The first-order valence-corrected chi connectivity index (χ1v) is 4.86. The third kappa shape index (κ3) is 3.16. The van der Waals surface area contributed by atoms with E-state index in [-0.39, 0.29) is 12.4 Å². The number of para-hydroxylation sites is 1. The number of hydrogen-bond donors (Lipinski definition) is 2. The molecule has 0 saturated heterocycles. The number of nitrogens with one attached hydrogen (secondary N) is 1. The van der Waals surface area contributed by atoms with E-state index in [1.165, 1.54) is 0 Å². The molecule has 0 spiro atoms. The molecule has 0 saturated carbocycles. The second kappa shape index (κ2) is 5.83. The van der Waals surface area contributed by atoms with Crippen LogP contribution in [0.25, 0.3) is 0 Å². The lowest BCUT2D eigenvalue weighted by molar-refractivity contribution is 0.450. The van der Waals surface area contributed by atoms with Crippen LogP contribution in [0.1, 0.15) is 12.0 Å². The maximum absolute atomic E-state index is 11.8. The molecule has 0 atom stereocenters. The number of alkyl halides is 1. The first kappa shape index (κ1) is 11.3. The van der Waals surface area contributed by atoms with Gasteiger partial charge in [-0.15, -0.1) is 0 Å². The van der Waals surface area contributed by atoms with E-state index in [2.05, 4.69) is 5.32 Å². The zero-order valence-corrected chi connectivity index (χ0v) is 8.52. The fourth-order valence-corrected chi connectivity index (χ4v) is 1.31. The lowest BCUT2D eigenvalue weighted by Crippen LogP contribution is -2.15. The number of hydrogen-bond acceptors (Lipinski definition) is 2. The van der Waals surface area contributed by atoms with Crippen LogP contribution in [0.15, 0.2) is 18.2 Å². The van der Waals surface area contributed by atoms with Crippen molar-refractivity contribution in [2.75, 3.05) is 13.2 Å². The minimum atomic E-state index is -0.325. The molecule has 0 amide bonds. The number of aromatic hydroxyl groups is 1. The van der Waals surface area contributed by atoms with Crippen LogP contribution < -0.4 is 5.32 Å². The molecular formula is C10H13ClFNO. The summed E-state index contributed by atoms with van der Waals surface area (Å²) in [5, 5.41) is 12.9. The summed E-state index contributed by atoms with van der Waals surface area (Å²) in [6.45, 7) is 0.781. The Morgan fingerprint density at radius 3 is 2.93 bits per heavy atom. The molecule has 0 heterocycles. The maximum atomic E-state index is 11.8. The third-order valence-corrected chi connectivity index (χ3v) is 2.18. The summed E-state index contributed by atoms with van der Waals surface area (Å²) in [6, 6.07) is 5.18. The minimum absolute atomic E-state index is 0.0990. The summed E-state index contributed by atoms with van der Waals surface area (Å²) in [7, 11) is 0. The maximum Gasteiger partial charge on any atom is 0.138 e. The van der Waals surface area contributed by atoms with Crippen LogP contribution in [0.5, 0.6) is 5.75 Å². The smallest absolute Gasteiger partial charge is 0.138 e. The largest absolute Gasteiger partial charge is 0.506 e. The van der Waals surface area contributed by atoms with Gasteiger partial charge in [-0.2, -0.15) is 0 Å². The van der Waals surface area contributed by atoms with Crippen molar-refractivity contribution in [2.24, 2.45) is 0 Å². The van der Waals surface area contributed by atoms with Gasteiger partial charge in [-0.25, -0.2) is 0 Å². The van der Waals surface area contributed by atoms with Crippen molar-refractivity contribution in [1.82, 2.24) is 5.32 Å². The van der Waals surface area contributed by atoms with Gasteiger partial charge < -0.3 is 10.4 Å². The molecule has 0 aliphatic carbocycles. The average molecular weight is 218 g/mol. The normalized spacial score (nSPS) is 10.4. The molecule has 0 aromatic heterocycles. The second-order valence-corrected chi connectivity index (χ2v) is 3.37. The lowest BCUT2D eigenvalue weighted by atomic mass is 10.2. The van der Waals surface area contributed by atoms with Crippen molar-refractivity contribution in [1.29, 1.82) is 0 Å². The molecule has 0 fully saturated rings. The summed E-state index contributed by atoms with van der Waals surface area (Å²) in [6.07, 6.45) is 0.487. The summed E-state index contributed by atoms with van der Waals surface area (Å²) in [5.41, 5.74) is 0.733. The molecule has 78 valence electrons. The van der Waals surface area contributed by atoms with Crippen molar-refractivity contribution >= 4 is 11.6 Å². The molecule has 0 aliphatic heterocycles. The number of benzene rings is 1. The number of phenols is 1. The topological polar surface area (TPSA) is 32.3 Å². The van der Waals surface area contributed by atoms with Crippen molar-refractivity contribution in [3.8, 4) is 5.75 Å². The monoisotopic (exact) mass is 217 g/mol. The van der Waals surface area contributed by atoms with E-state index in [0.717, 1.165) is 5.56 Å². The van der Waals surface area contributed by atoms with Crippen molar-refractivity contribution in [3.05, 3.63) is 28.8 Å². The highest BCUT2D eigenvalue weighted by molar-refractivity contribution is 6.32. The number of halogens is 2. The molecule has 0 unspecified atom stereocenters. The van der Waals surface area contributed by atoms with Crippen LogP contribution in [-0.2, 0) is 6.54 Å². The van der Waals surface area contributed by atoms with E-state index in [0.29, 0.717) is 24.5 Å². The number of rotatable bonds is 5. The molecule has 2 N–H and O–H groups in total. The van der Waals surface area contributed by atoms with Crippen LogP contribution in [0.4, 0.5) is 4.39 Å². The van der Waals surface area contributed by atoms with E-state index in [1.54, 1.807) is 18.2 Å². The lowest BCUT2D eigenvalue weighted by Gasteiger charge is -2.06. The Balaban J connectivity index is 2.46. The van der Waals surface area contributed by atoms with Crippen molar-refractivity contribution in [3.63, 3.8) is 0 Å². The Kier molecular flexibility index (Phi) is 4.70. The van der Waals surface area contributed by atoms with E-state index in [9.17, 15) is 9.50 Å². The van der Waals surface area contributed by atoms with Gasteiger partial charge in [0, 0.05) is 12.1 Å². The Morgan fingerprint density at radius 1 is 1.43 bits per heavy atom. The van der Waals surface area contributed by atoms with Crippen LogP contribution in [0.2, 0.25) is 5.02 Å². The minimum Gasteiger partial charge on any atom is -0.506 e. The fraction of sp³-hybridized carbons (Fsp3) is 0.400. The molecule has 4 heteroatoms. The molecule has 1 aromatic rings. The Bertz CT molecular complexity index is 293. The highest BCUT2D eigenvalue weighted by Gasteiger charge is 2.03. The first-order chi connectivity index (χ1) is 6.75. The van der Waals surface area contributed by atoms with Crippen molar-refractivity contribution in [2.45, 2.75) is 13.0 Å². The summed E-state index contributed by atoms with van der Waals surface area (Å²) >= 11 is 5.72. The highest BCUT2D eigenvalue weighted by atomic mass is 35.5. The SMILES string of the molecule is Oc1c(Cl)cccc1CNCCCF. The van der Waals surface area contributed by atoms with Crippen LogP contribution in [0, 0.1) is 0 Å². The Hall–Kier alpha value is -0.800. The van der Waals surface area contributed by atoms with Crippen LogP contribution >= 0.6 is 11.6 Å². The molecule has 1 rings (SSSR count). The van der Waals surface area contributed by atoms with Gasteiger partial charge in [-0.05, 0) is 19.0 Å². The summed E-state index contributed by atoms with van der Waals surface area (Å²) in [4.78, 5) is 0. The zero-order valence-electron chi connectivity index (χ0n) is 7.76. The second-order valence-electron chi connectivity index (χ2n) is 2.97. The van der Waals surface area contributed by atoms with Gasteiger partial charge in [-0.3, -0.25) is 4.39 Å². The van der Waals surface area contributed by atoms with E-state index in [4.69, 9.17) is 11.6 Å². The van der Waals surface area contributed by atoms with Gasteiger partial charge in [0.2, 0.25) is 0 Å². The quantitative estimate of drug-likeness (QED) is 0.743. The summed E-state index contributed by atoms with van der Waals surface area (Å²) < 4.78 is 11.8. The Morgan fingerprint density at radius 2 is 2.21 bits per heavy atom. The molecule has 0 bridgehead atoms. The van der Waals surface area contributed by atoms with Crippen LogP contribution in [0.3, 0.4) is 0 Å². The molecule has 2 nitrogen and oxygen atoms in total. The molecular weight excluding hydrogens is 205 g/mol. The predicted molar refractivity (Wildman–Crippen MR) is 55.4 cm³/mol. The number of phenolic OH excluding ortho intramolecular Hbond substituents is 1. The average Bonchev–Trinajstić information content (AvgIpc) is 2.19. The first-order valence-electron chi connectivity index (χ1n) is 4.48. The molecule has 1 aromatic carbocycles. The van der Waals surface area contributed by atoms with Gasteiger partial charge >= 0.3 is 0 Å². The zero-order chi connectivity index (χ0) is 10.4. The van der Waals surface area contributed by atoms with E-state index < -0.39 is 0 Å². The summed E-state index contributed by atoms with van der Waals surface area (Å²) in [5.74, 6) is 0.0990. The Labute approximate surface area is 87.7 Å². The standard InChI is InChI=1S/C10H13ClFNO/c11-9-4-1-3-8(10(9)14)7-13-6-2-5-12/h1,3-4,13-14H,2,5-7H2. The highest BCUT2D eigenvalue weighted by Crippen LogP contribution is 2.26. The molecule has 0 aliphatic rings. The van der Waals surface area contributed by atoms with Gasteiger partial charge in [-0.1, -0.05) is 23.7 Å². The van der Waals surface area contributed by atoms with Crippen LogP contribution in [-0.4, -0.2) is 18.3 Å². The molecule has 14 heavy (non-hydrogen) atoms. The van der Waals surface area contributed by atoms with Gasteiger partial charge in [0.25, 0.3) is 0 Å². The van der Waals surface area contributed by atoms with E-state index in [1.807, 2.05) is 0 Å². The predicted octanol–water partition coefficient (Wildman–Crippen LogP) is 2.49.